The Kier molecular flexibility index (Phi) is 3.23. The number of aromatic nitrogens is 4. The summed E-state index contributed by atoms with van der Waals surface area (Å²) in [5, 5.41) is 6.37. The molecule has 21 heavy (non-hydrogen) atoms. The SMILES string of the molecule is Cc1cc(C(=O)Nc2ccc(-n3ccnc3C)nc2)on1. The maximum atomic E-state index is 11.9. The summed E-state index contributed by atoms with van der Waals surface area (Å²) in [5.41, 5.74) is 1.24. The van der Waals surface area contributed by atoms with Gasteiger partial charge in [0.15, 0.2) is 0 Å². The molecule has 106 valence electrons. The number of pyridine rings is 1. The summed E-state index contributed by atoms with van der Waals surface area (Å²) in [6, 6.07) is 5.14. The molecule has 3 aromatic rings. The van der Waals surface area contributed by atoms with Gasteiger partial charge in [-0.3, -0.25) is 9.36 Å². The van der Waals surface area contributed by atoms with Gasteiger partial charge in [0.2, 0.25) is 5.76 Å². The molecule has 0 saturated carbocycles. The number of imidazole rings is 1. The van der Waals surface area contributed by atoms with Crippen LogP contribution in [0.2, 0.25) is 0 Å². The number of hydrogen-bond acceptors (Lipinski definition) is 5. The summed E-state index contributed by atoms with van der Waals surface area (Å²) in [6.07, 6.45) is 5.11. The maximum Gasteiger partial charge on any atom is 0.294 e. The molecule has 0 aliphatic heterocycles. The Morgan fingerprint density at radius 3 is 2.71 bits per heavy atom. The number of nitrogens with zero attached hydrogens (tertiary/aromatic N) is 4. The Morgan fingerprint density at radius 2 is 2.14 bits per heavy atom. The number of hydrogen-bond donors (Lipinski definition) is 1. The van der Waals surface area contributed by atoms with Gasteiger partial charge in [-0.15, -0.1) is 0 Å². The van der Waals surface area contributed by atoms with Crippen LogP contribution < -0.4 is 5.32 Å². The summed E-state index contributed by atoms with van der Waals surface area (Å²) in [7, 11) is 0. The van der Waals surface area contributed by atoms with Crippen LogP contribution in [0, 0.1) is 13.8 Å². The minimum Gasteiger partial charge on any atom is -0.351 e. The van der Waals surface area contributed by atoms with Crippen molar-refractivity contribution in [2.45, 2.75) is 13.8 Å². The summed E-state index contributed by atoms with van der Waals surface area (Å²) in [5.74, 6) is 1.39. The number of nitrogens with one attached hydrogen (secondary N) is 1. The topological polar surface area (TPSA) is 85.8 Å². The van der Waals surface area contributed by atoms with Crippen molar-refractivity contribution in [2.75, 3.05) is 5.32 Å². The lowest BCUT2D eigenvalue weighted by molar-refractivity contribution is 0.0988. The highest BCUT2D eigenvalue weighted by Crippen LogP contribution is 2.13. The van der Waals surface area contributed by atoms with Crippen molar-refractivity contribution < 1.29 is 9.32 Å². The van der Waals surface area contributed by atoms with E-state index in [0.717, 1.165) is 11.6 Å². The fourth-order valence-electron chi connectivity index (χ4n) is 1.89. The second-order valence-corrected chi connectivity index (χ2v) is 4.54. The number of carbonyl (C=O) groups excluding carboxylic acids is 1. The lowest BCUT2D eigenvalue weighted by atomic mass is 10.3. The Labute approximate surface area is 120 Å². The highest BCUT2D eigenvalue weighted by molar-refractivity contribution is 6.02. The first kappa shape index (κ1) is 13.0. The van der Waals surface area contributed by atoms with Gasteiger partial charge in [0.25, 0.3) is 5.91 Å². The van der Waals surface area contributed by atoms with Crippen LogP contribution in [0.5, 0.6) is 0 Å². The third-order valence-corrected chi connectivity index (χ3v) is 2.93. The summed E-state index contributed by atoms with van der Waals surface area (Å²) in [6.45, 7) is 3.65. The Morgan fingerprint density at radius 1 is 1.29 bits per heavy atom. The number of rotatable bonds is 3. The lowest BCUT2D eigenvalue weighted by Crippen LogP contribution is -2.11. The summed E-state index contributed by atoms with van der Waals surface area (Å²) < 4.78 is 6.75. The van der Waals surface area contributed by atoms with Crippen molar-refractivity contribution in [3.05, 3.63) is 54.1 Å². The van der Waals surface area contributed by atoms with Crippen molar-refractivity contribution in [3.8, 4) is 5.82 Å². The predicted octanol–water partition coefficient (Wildman–Crippen LogP) is 2.12. The fourth-order valence-corrected chi connectivity index (χ4v) is 1.89. The van der Waals surface area contributed by atoms with E-state index in [1.165, 1.54) is 0 Å². The van der Waals surface area contributed by atoms with Gasteiger partial charge in [0, 0.05) is 18.5 Å². The zero-order chi connectivity index (χ0) is 14.8. The molecule has 0 atom stereocenters. The van der Waals surface area contributed by atoms with Gasteiger partial charge in [-0.2, -0.15) is 0 Å². The Bertz CT molecular complexity index is 773. The van der Waals surface area contributed by atoms with Crippen molar-refractivity contribution in [2.24, 2.45) is 0 Å². The highest BCUT2D eigenvalue weighted by atomic mass is 16.5. The van der Waals surface area contributed by atoms with Crippen molar-refractivity contribution in [1.82, 2.24) is 19.7 Å². The molecule has 0 bridgehead atoms. The first-order valence-corrected chi connectivity index (χ1v) is 6.34. The van der Waals surface area contributed by atoms with E-state index < -0.39 is 0 Å². The van der Waals surface area contributed by atoms with Crippen LogP contribution in [-0.2, 0) is 0 Å². The number of aryl methyl sites for hydroxylation is 2. The van der Waals surface area contributed by atoms with Crippen LogP contribution in [-0.4, -0.2) is 25.6 Å². The van der Waals surface area contributed by atoms with Crippen LogP contribution in [0.25, 0.3) is 5.82 Å². The molecule has 0 spiro atoms. The van der Waals surface area contributed by atoms with Crippen molar-refractivity contribution >= 4 is 11.6 Å². The molecule has 1 amide bonds. The standard InChI is InChI=1S/C14H13N5O2/c1-9-7-12(21-18-9)14(20)17-11-3-4-13(16-8-11)19-6-5-15-10(19)2/h3-8H,1-2H3,(H,17,20). The molecule has 0 unspecified atom stereocenters. The van der Waals surface area contributed by atoms with Crippen molar-refractivity contribution in [1.29, 1.82) is 0 Å². The van der Waals surface area contributed by atoms with Gasteiger partial charge in [0.1, 0.15) is 11.6 Å². The second-order valence-electron chi connectivity index (χ2n) is 4.54. The average Bonchev–Trinajstić information content (AvgIpc) is 3.08. The Hall–Kier alpha value is -2.96. The third kappa shape index (κ3) is 2.66. The van der Waals surface area contributed by atoms with Gasteiger partial charge < -0.3 is 9.84 Å². The van der Waals surface area contributed by atoms with E-state index in [1.54, 1.807) is 37.5 Å². The predicted molar refractivity (Wildman–Crippen MR) is 75.3 cm³/mol. The molecule has 0 saturated heterocycles. The number of carbonyl (C=O) groups is 1. The van der Waals surface area contributed by atoms with E-state index in [0.29, 0.717) is 11.4 Å². The second kappa shape index (κ2) is 5.20. The molecule has 3 aromatic heterocycles. The fraction of sp³-hybridized carbons (Fsp3) is 0.143. The molecule has 0 aliphatic rings. The van der Waals surface area contributed by atoms with Crippen LogP contribution >= 0.6 is 0 Å². The van der Waals surface area contributed by atoms with E-state index in [4.69, 9.17) is 4.52 Å². The van der Waals surface area contributed by atoms with E-state index >= 15 is 0 Å². The quantitative estimate of drug-likeness (QED) is 0.795. The summed E-state index contributed by atoms with van der Waals surface area (Å²) >= 11 is 0. The molecule has 7 nitrogen and oxygen atoms in total. The maximum absolute atomic E-state index is 11.9. The number of anilines is 1. The van der Waals surface area contributed by atoms with Crippen molar-refractivity contribution in [3.63, 3.8) is 0 Å². The molecular formula is C14H13N5O2. The Balaban J connectivity index is 1.76. The molecular weight excluding hydrogens is 270 g/mol. The number of amides is 1. The molecule has 1 N–H and O–H groups in total. The zero-order valence-corrected chi connectivity index (χ0v) is 11.6. The first-order valence-electron chi connectivity index (χ1n) is 6.34. The molecule has 0 radical (unpaired) electrons. The summed E-state index contributed by atoms with van der Waals surface area (Å²) in [4.78, 5) is 20.3. The zero-order valence-electron chi connectivity index (χ0n) is 11.6. The van der Waals surface area contributed by atoms with E-state index in [-0.39, 0.29) is 11.7 Å². The molecule has 7 heteroatoms. The molecule has 3 rings (SSSR count). The largest absolute Gasteiger partial charge is 0.351 e. The minimum absolute atomic E-state index is 0.169. The smallest absolute Gasteiger partial charge is 0.294 e. The minimum atomic E-state index is -0.357. The van der Waals surface area contributed by atoms with Gasteiger partial charge >= 0.3 is 0 Å². The first-order chi connectivity index (χ1) is 10.1. The van der Waals surface area contributed by atoms with Crippen LogP contribution in [0.1, 0.15) is 22.1 Å². The molecule has 3 heterocycles. The lowest BCUT2D eigenvalue weighted by Gasteiger charge is -2.06. The van der Waals surface area contributed by atoms with E-state index in [9.17, 15) is 4.79 Å². The monoisotopic (exact) mass is 283 g/mol. The molecule has 0 fully saturated rings. The van der Waals surface area contributed by atoms with Gasteiger partial charge in [-0.25, -0.2) is 9.97 Å². The van der Waals surface area contributed by atoms with E-state index in [2.05, 4.69) is 20.4 Å². The van der Waals surface area contributed by atoms with Crippen LogP contribution in [0.3, 0.4) is 0 Å². The highest BCUT2D eigenvalue weighted by Gasteiger charge is 2.12. The van der Waals surface area contributed by atoms with Gasteiger partial charge in [-0.05, 0) is 26.0 Å². The average molecular weight is 283 g/mol. The molecule has 0 aromatic carbocycles. The molecule has 0 aliphatic carbocycles. The van der Waals surface area contributed by atoms with E-state index in [1.807, 2.05) is 17.7 Å². The van der Waals surface area contributed by atoms with Gasteiger partial charge in [-0.1, -0.05) is 5.16 Å². The van der Waals surface area contributed by atoms with Crippen LogP contribution in [0.4, 0.5) is 5.69 Å². The van der Waals surface area contributed by atoms with Crippen LogP contribution in [0.15, 0.2) is 41.3 Å². The normalized spacial score (nSPS) is 10.6. The third-order valence-electron chi connectivity index (χ3n) is 2.93. The van der Waals surface area contributed by atoms with Gasteiger partial charge in [0.05, 0.1) is 17.6 Å².